The Labute approximate surface area is 79.5 Å². The second-order valence-corrected chi connectivity index (χ2v) is 4.19. The maximum atomic E-state index is 11.6. The van der Waals surface area contributed by atoms with Crippen LogP contribution < -0.4 is 5.32 Å². The Hall–Kier alpha value is -0.570. The van der Waals surface area contributed by atoms with Crippen molar-refractivity contribution in [2.45, 2.75) is 44.7 Å². The smallest absolute Gasteiger partial charge is 0.223 e. The molecule has 0 aromatic heterocycles. The lowest BCUT2D eigenvalue weighted by Crippen LogP contribution is -2.49. The Balaban J connectivity index is 2.00. The summed E-state index contributed by atoms with van der Waals surface area (Å²) >= 11 is 0. The highest BCUT2D eigenvalue weighted by molar-refractivity contribution is 5.79. The first-order valence-electron chi connectivity index (χ1n) is 5.31. The van der Waals surface area contributed by atoms with Gasteiger partial charge >= 0.3 is 0 Å². The van der Waals surface area contributed by atoms with E-state index in [-0.39, 0.29) is 0 Å². The van der Waals surface area contributed by atoms with Crippen molar-refractivity contribution < 1.29 is 4.79 Å². The summed E-state index contributed by atoms with van der Waals surface area (Å²) in [4.78, 5) is 13.7. The van der Waals surface area contributed by atoms with E-state index >= 15 is 0 Å². The van der Waals surface area contributed by atoms with Crippen LogP contribution in [0.2, 0.25) is 0 Å². The Kier molecular flexibility index (Phi) is 2.54. The molecule has 0 saturated carbocycles. The summed E-state index contributed by atoms with van der Waals surface area (Å²) in [6.07, 6.45) is 4.21. The van der Waals surface area contributed by atoms with Gasteiger partial charge in [-0.15, -0.1) is 0 Å². The Bertz CT molecular complexity index is 199. The molecule has 2 aliphatic rings. The molecule has 3 nitrogen and oxygen atoms in total. The number of rotatable bonds is 1. The summed E-state index contributed by atoms with van der Waals surface area (Å²) in [5, 5.41) is 3.36. The van der Waals surface area contributed by atoms with Gasteiger partial charge in [-0.3, -0.25) is 4.79 Å². The van der Waals surface area contributed by atoms with Gasteiger partial charge in [0, 0.05) is 25.0 Å². The van der Waals surface area contributed by atoms with Gasteiger partial charge in [-0.2, -0.15) is 0 Å². The highest BCUT2D eigenvalue weighted by Crippen LogP contribution is 2.23. The van der Waals surface area contributed by atoms with Crippen molar-refractivity contribution in [3.8, 4) is 0 Å². The van der Waals surface area contributed by atoms with Gasteiger partial charge in [0.15, 0.2) is 0 Å². The average molecular weight is 182 g/mol. The summed E-state index contributed by atoms with van der Waals surface area (Å²) in [7, 11) is 0. The van der Waals surface area contributed by atoms with Crippen LogP contribution in [0.15, 0.2) is 0 Å². The fourth-order valence-electron chi connectivity index (χ4n) is 2.48. The standard InChI is InChI=1S/C10H18N2O/c1-8-4-5-10(13)12(8)9-3-2-6-11-7-9/h8-9,11H,2-7H2,1H3/t8?,9-/m0/s1. The molecule has 2 rings (SSSR count). The Morgan fingerprint density at radius 2 is 2.31 bits per heavy atom. The minimum Gasteiger partial charge on any atom is -0.336 e. The molecule has 2 saturated heterocycles. The van der Waals surface area contributed by atoms with Crippen molar-refractivity contribution in [3.05, 3.63) is 0 Å². The molecule has 0 aromatic carbocycles. The second kappa shape index (κ2) is 3.66. The topological polar surface area (TPSA) is 32.3 Å². The van der Waals surface area contributed by atoms with Gasteiger partial charge in [0.1, 0.15) is 0 Å². The first kappa shape index (κ1) is 9.00. The van der Waals surface area contributed by atoms with Crippen LogP contribution in [0.1, 0.15) is 32.6 Å². The number of carbonyl (C=O) groups is 1. The third-order valence-corrected chi connectivity index (χ3v) is 3.20. The van der Waals surface area contributed by atoms with Gasteiger partial charge in [0.25, 0.3) is 0 Å². The van der Waals surface area contributed by atoms with Gasteiger partial charge in [0.05, 0.1) is 0 Å². The van der Waals surface area contributed by atoms with Crippen LogP contribution in [0.4, 0.5) is 0 Å². The summed E-state index contributed by atoms with van der Waals surface area (Å²) in [6, 6.07) is 0.941. The monoisotopic (exact) mass is 182 g/mol. The number of hydrogen-bond donors (Lipinski definition) is 1. The summed E-state index contributed by atoms with van der Waals surface area (Å²) in [5.41, 5.74) is 0. The molecule has 0 spiro atoms. The Morgan fingerprint density at radius 3 is 2.85 bits per heavy atom. The number of hydrogen-bond acceptors (Lipinski definition) is 2. The molecule has 2 fully saturated rings. The van der Waals surface area contributed by atoms with Gasteiger partial charge < -0.3 is 10.2 Å². The zero-order valence-electron chi connectivity index (χ0n) is 8.25. The zero-order chi connectivity index (χ0) is 9.26. The van der Waals surface area contributed by atoms with E-state index in [1.165, 1.54) is 12.8 Å². The molecule has 13 heavy (non-hydrogen) atoms. The van der Waals surface area contributed by atoms with Crippen LogP contribution in [0.3, 0.4) is 0 Å². The quantitative estimate of drug-likeness (QED) is 0.649. The lowest BCUT2D eigenvalue weighted by Gasteiger charge is -2.34. The normalized spacial score (nSPS) is 35.5. The van der Waals surface area contributed by atoms with Crippen LogP contribution in [-0.4, -0.2) is 36.0 Å². The van der Waals surface area contributed by atoms with Gasteiger partial charge in [-0.05, 0) is 32.7 Å². The fraction of sp³-hybridized carbons (Fsp3) is 0.900. The van der Waals surface area contributed by atoms with Gasteiger partial charge in [-0.25, -0.2) is 0 Å². The third kappa shape index (κ3) is 1.70. The van der Waals surface area contributed by atoms with E-state index in [1.54, 1.807) is 0 Å². The maximum absolute atomic E-state index is 11.6. The van der Waals surface area contributed by atoms with E-state index in [9.17, 15) is 4.79 Å². The fourth-order valence-corrected chi connectivity index (χ4v) is 2.48. The van der Waals surface area contributed by atoms with Crippen LogP contribution in [0, 0.1) is 0 Å². The van der Waals surface area contributed by atoms with Crippen molar-refractivity contribution in [1.29, 1.82) is 0 Å². The number of amides is 1. The molecule has 0 aliphatic carbocycles. The van der Waals surface area contributed by atoms with E-state index in [0.717, 1.165) is 25.9 Å². The van der Waals surface area contributed by atoms with E-state index < -0.39 is 0 Å². The van der Waals surface area contributed by atoms with Gasteiger partial charge in [0.2, 0.25) is 5.91 Å². The molecule has 0 radical (unpaired) electrons. The lowest BCUT2D eigenvalue weighted by atomic mass is 10.1. The largest absolute Gasteiger partial charge is 0.336 e. The molecule has 74 valence electrons. The molecule has 2 heterocycles. The van der Waals surface area contributed by atoms with Crippen molar-refractivity contribution in [2.75, 3.05) is 13.1 Å². The van der Waals surface area contributed by atoms with Crippen LogP contribution in [0.5, 0.6) is 0 Å². The molecule has 0 bridgehead atoms. The number of likely N-dealkylation sites (tertiary alicyclic amines) is 1. The first-order chi connectivity index (χ1) is 6.29. The lowest BCUT2D eigenvalue weighted by molar-refractivity contribution is -0.131. The summed E-state index contributed by atoms with van der Waals surface area (Å²) in [5.74, 6) is 0.362. The molecule has 1 unspecified atom stereocenters. The highest BCUT2D eigenvalue weighted by atomic mass is 16.2. The molecule has 1 N–H and O–H groups in total. The Morgan fingerprint density at radius 1 is 1.46 bits per heavy atom. The molecular formula is C10H18N2O. The minimum atomic E-state index is 0.362. The molecule has 0 aromatic rings. The number of nitrogens with zero attached hydrogens (tertiary/aromatic N) is 1. The van der Waals surface area contributed by atoms with Crippen LogP contribution in [-0.2, 0) is 4.79 Å². The first-order valence-corrected chi connectivity index (χ1v) is 5.31. The van der Waals surface area contributed by atoms with Crippen molar-refractivity contribution in [2.24, 2.45) is 0 Å². The second-order valence-electron chi connectivity index (χ2n) is 4.19. The number of carbonyl (C=O) groups excluding carboxylic acids is 1. The summed E-state index contributed by atoms with van der Waals surface area (Å²) < 4.78 is 0. The zero-order valence-corrected chi connectivity index (χ0v) is 8.25. The third-order valence-electron chi connectivity index (χ3n) is 3.20. The maximum Gasteiger partial charge on any atom is 0.223 e. The molecule has 2 atom stereocenters. The summed E-state index contributed by atoms with van der Waals surface area (Å²) in [6.45, 7) is 4.28. The van der Waals surface area contributed by atoms with E-state index in [2.05, 4.69) is 17.1 Å². The highest BCUT2D eigenvalue weighted by Gasteiger charge is 2.33. The van der Waals surface area contributed by atoms with Crippen LogP contribution >= 0.6 is 0 Å². The molecular weight excluding hydrogens is 164 g/mol. The van der Waals surface area contributed by atoms with E-state index in [0.29, 0.717) is 18.0 Å². The van der Waals surface area contributed by atoms with Gasteiger partial charge in [-0.1, -0.05) is 0 Å². The van der Waals surface area contributed by atoms with Crippen molar-refractivity contribution in [3.63, 3.8) is 0 Å². The predicted octanol–water partition coefficient (Wildman–Crippen LogP) is 0.749. The van der Waals surface area contributed by atoms with Crippen molar-refractivity contribution in [1.82, 2.24) is 10.2 Å². The van der Waals surface area contributed by atoms with E-state index in [4.69, 9.17) is 0 Å². The van der Waals surface area contributed by atoms with Crippen LogP contribution in [0.25, 0.3) is 0 Å². The molecule has 2 aliphatic heterocycles. The predicted molar refractivity (Wildman–Crippen MR) is 51.4 cm³/mol. The average Bonchev–Trinajstić information content (AvgIpc) is 2.48. The molecule has 1 amide bonds. The van der Waals surface area contributed by atoms with E-state index in [1.807, 2.05) is 0 Å². The minimum absolute atomic E-state index is 0.362. The number of piperidine rings is 1. The van der Waals surface area contributed by atoms with Crippen molar-refractivity contribution >= 4 is 5.91 Å². The number of nitrogens with one attached hydrogen (secondary N) is 1. The SMILES string of the molecule is CC1CCC(=O)N1[C@H]1CCCNC1. The molecule has 3 heteroatoms.